The molecule has 0 aromatic heterocycles. The Bertz CT molecular complexity index is 316. The van der Waals surface area contributed by atoms with Crippen molar-refractivity contribution in [1.29, 1.82) is 0 Å². The molecule has 1 saturated heterocycles. The van der Waals surface area contributed by atoms with E-state index in [1.807, 2.05) is 18.2 Å². The molecule has 0 amide bonds. The van der Waals surface area contributed by atoms with Gasteiger partial charge in [-0.1, -0.05) is 6.07 Å². The van der Waals surface area contributed by atoms with Crippen molar-refractivity contribution >= 4 is 11.4 Å². The first-order valence-corrected chi connectivity index (χ1v) is 4.88. The molecular formula is C11H15N3. The Balaban J connectivity index is 2.22. The summed E-state index contributed by atoms with van der Waals surface area (Å²) in [4.78, 5) is 2.28. The summed E-state index contributed by atoms with van der Waals surface area (Å²) < 4.78 is 0. The van der Waals surface area contributed by atoms with E-state index < -0.39 is 0 Å². The molecule has 0 unspecified atom stereocenters. The quantitative estimate of drug-likeness (QED) is 0.640. The van der Waals surface area contributed by atoms with Crippen LogP contribution >= 0.6 is 0 Å². The first-order valence-electron chi connectivity index (χ1n) is 4.88. The highest BCUT2D eigenvalue weighted by Crippen LogP contribution is 2.24. The van der Waals surface area contributed by atoms with Gasteiger partial charge in [0.1, 0.15) is 0 Å². The summed E-state index contributed by atoms with van der Waals surface area (Å²) in [5, 5.41) is 3.31. The van der Waals surface area contributed by atoms with E-state index in [2.05, 4.69) is 10.2 Å². The number of nitrogens with two attached hydrogens (primary N) is 1. The van der Waals surface area contributed by atoms with Gasteiger partial charge in [-0.15, -0.1) is 0 Å². The first kappa shape index (κ1) is 9.34. The van der Waals surface area contributed by atoms with Crippen molar-refractivity contribution in [2.45, 2.75) is 0 Å². The van der Waals surface area contributed by atoms with E-state index in [0.717, 1.165) is 43.1 Å². The van der Waals surface area contributed by atoms with E-state index in [9.17, 15) is 0 Å². The number of rotatable bonds is 1. The maximum Gasteiger partial charge on any atom is 0.0601 e. The van der Waals surface area contributed by atoms with E-state index >= 15 is 0 Å². The van der Waals surface area contributed by atoms with Gasteiger partial charge in [0.05, 0.1) is 11.4 Å². The van der Waals surface area contributed by atoms with Crippen LogP contribution in [0, 0.1) is 6.92 Å². The van der Waals surface area contributed by atoms with Crippen molar-refractivity contribution in [2.24, 2.45) is 0 Å². The van der Waals surface area contributed by atoms with Crippen LogP contribution in [0.4, 0.5) is 11.4 Å². The van der Waals surface area contributed by atoms with Crippen molar-refractivity contribution < 1.29 is 0 Å². The molecule has 0 bridgehead atoms. The van der Waals surface area contributed by atoms with Crippen molar-refractivity contribution in [3.63, 3.8) is 0 Å². The molecule has 3 N–H and O–H groups in total. The third kappa shape index (κ3) is 1.82. The predicted octanol–water partition coefficient (Wildman–Crippen LogP) is 0.738. The van der Waals surface area contributed by atoms with Crippen molar-refractivity contribution in [3.8, 4) is 0 Å². The number of hydrogen-bond acceptors (Lipinski definition) is 3. The molecule has 1 aliphatic rings. The van der Waals surface area contributed by atoms with Crippen LogP contribution in [0.3, 0.4) is 0 Å². The van der Waals surface area contributed by atoms with E-state index in [-0.39, 0.29) is 0 Å². The standard InChI is InChI=1S/C11H15N3/c1-9-2-3-11(10(12)8-9)14-6-4-13-5-7-14/h1-3,8,13H,4-7,12H2. The number of hydrogen-bond donors (Lipinski definition) is 2. The minimum Gasteiger partial charge on any atom is -0.397 e. The van der Waals surface area contributed by atoms with E-state index in [1.165, 1.54) is 0 Å². The van der Waals surface area contributed by atoms with Gasteiger partial charge in [0, 0.05) is 26.2 Å². The fourth-order valence-electron chi connectivity index (χ4n) is 1.77. The molecule has 14 heavy (non-hydrogen) atoms. The summed E-state index contributed by atoms with van der Waals surface area (Å²) in [6, 6.07) is 5.71. The molecule has 2 radical (unpaired) electrons. The van der Waals surface area contributed by atoms with Gasteiger partial charge in [0.2, 0.25) is 0 Å². The number of nitrogens with one attached hydrogen (secondary N) is 1. The Morgan fingerprint density at radius 1 is 1.29 bits per heavy atom. The van der Waals surface area contributed by atoms with Crippen LogP contribution in [0.5, 0.6) is 0 Å². The van der Waals surface area contributed by atoms with E-state index in [0.29, 0.717) is 0 Å². The molecule has 1 aromatic carbocycles. The average molecular weight is 189 g/mol. The lowest BCUT2D eigenvalue weighted by molar-refractivity contribution is 0.590. The smallest absolute Gasteiger partial charge is 0.0601 e. The topological polar surface area (TPSA) is 41.3 Å². The van der Waals surface area contributed by atoms with Crippen LogP contribution in [0.2, 0.25) is 0 Å². The highest BCUT2D eigenvalue weighted by molar-refractivity contribution is 5.68. The third-order valence-corrected chi connectivity index (χ3v) is 2.51. The lowest BCUT2D eigenvalue weighted by Crippen LogP contribution is -2.43. The predicted molar refractivity (Wildman–Crippen MR) is 59.3 cm³/mol. The Kier molecular flexibility index (Phi) is 2.59. The molecule has 2 rings (SSSR count). The Hall–Kier alpha value is -1.22. The second-order valence-corrected chi connectivity index (χ2v) is 3.56. The van der Waals surface area contributed by atoms with Crippen molar-refractivity contribution in [3.05, 3.63) is 30.7 Å². The Morgan fingerprint density at radius 3 is 2.64 bits per heavy atom. The van der Waals surface area contributed by atoms with Crippen LogP contribution in [0.1, 0.15) is 5.56 Å². The van der Waals surface area contributed by atoms with Crippen molar-refractivity contribution in [1.82, 2.24) is 5.32 Å². The van der Waals surface area contributed by atoms with Crippen LogP contribution in [0.25, 0.3) is 0 Å². The number of benzene rings is 1. The lowest BCUT2D eigenvalue weighted by Gasteiger charge is -2.30. The number of piperazine rings is 1. The van der Waals surface area contributed by atoms with Crippen LogP contribution in [-0.2, 0) is 0 Å². The summed E-state index contributed by atoms with van der Waals surface area (Å²) in [5.74, 6) is 0. The van der Waals surface area contributed by atoms with Gasteiger partial charge < -0.3 is 16.0 Å². The second-order valence-electron chi connectivity index (χ2n) is 3.56. The van der Waals surface area contributed by atoms with Crippen LogP contribution in [0.15, 0.2) is 18.2 Å². The van der Waals surface area contributed by atoms with Gasteiger partial charge in [-0.25, -0.2) is 0 Å². The molecule has 0 atom stereocenters. The van der Waals surface area contributed by atoms with Crippen molar-refractivity contribution in [2.75, 3.05) is 36.8 Å². The number of anilines is 2. The zero-order chi connectivity index (χ0) is 9.97. The summed E-state index contributed by atoms with van der Waals surface area (Å²) in [6.45, 7) is 9.70. The zero-order valence-electron chi connectivity index (χ0n) is 8.16. The maximum absolute atomic E-state index is 5.91. The van der Waals surface area contributed by atoms with Gasteiger partial charge >= 0.3 is 0 Å². The fourth-order valence-corrected chi connectivity index (χ4v) is 1.77. The molecule has 0 spiro atoms. The molecule has 0 aliphatic carbocycles. The normalized spacial score (nSPS) is 17.1. The highest BCUT2D eigenvalue weighted by Gasteiger charge is 2.12. The van der Waals surface area contributed by atoms with Crippen LogP contribution in [-0.4, -0.2) is 26.2 Å². The largest absolute Gasteiger partial charge is 0.397 e. The molecule has 74 valence electrons. The Morgan fingerprint density at radius 2 is 2.00 bits per heavy atom. The van der Waals surface area contributed by atoms with E-state index in [4.69, 9.17) is 12.7 Å². The molecular weight excluding hydrogens is 174 g/mol. The first-order chi connectivity index (χ1) is 6.77. The molecule has 1 aliphatic heterocycles. The minimum atomic E-state index is 0.724. The maximum atomic E-state index is 5.91. The van der Waals surface area contributed by atoms with Gasteiger partial charge in [-0.3, -0.25) is 0 Å². The summed E-state index contributed by atoms with van der Waals surface area (Å²) in [7, 11) is 0. The fraction of sp³-hybridized carbons (Fsp3) is 0.364. The van der Waals surface area contributed by atoms with Crippen LogP contribution < -0.4 is 16.0 Å². The zero-order valence-corrected chi connectivity index (χ0v) is 8.16. The molecule has 1 aromatic rings. The lowest BCUT2D eigenvalue weighted by atomic mass is 10.1. The Labute approximate surface area is 84.9 Å². The number of nitrogens with zero attached hydrogens (tertiary/aromatic N) is 1. The van der Waals surface area contributed by atoms with E-state index in [1.54, 1.807) is 0 Å². The van der Waals surface area contributed by atoms with Gasteiger partial charge in [0.15, 0.2) is 0 Å². The number of nitrogen functional groups attached to an aromatic ring is 1. The van der Waals surface area contributed by atoms with Gasteiger partial charge in [-0.05, 0) is 24.6 Å². The second kappa shape index (κ2) is 3.88. The van der Waals surface area contributed by atoms with Gasteiger partial charge in [0.25, 0.3) is 0 Å². The summed E-state index contributed by atoms with van der Waals surface area (Å²) >= 11 is 0. The highest BCUT2D eigenvalue weighted by atomic mass is 15.2. The molecule has 3 nitrogen and oxygen atoms in total. The molecule has 1 fully saturated rings. The summed E-state index contributed by atoms with van der Waals surface area (Å²) in [6.07, 6.45) is 0. The van der Waals surface area contributed by atoms with Gasteiger partial charge in [-0.2, -0.15) is 0 Å². The third-order valence-electron chi connectivity index (χ3n) is 2.51. The summed E-state index contributed by atoms with van der Waals surface area (Å²) in [5.41, 5.74) is 8.50. The monoisotopic (exact) mass is 189 g/mol. The average Bonchev–Trinajstić information content (AvgIpc) is 2.19. The molecule has 0 saturated carbocycles. The molecule has 1 heterocycles. The minimum absolute atomic E-state index is 0.724. The SMILES string of the molecule is [CH]c1ccc(N2CCNCC2)c(N)c1. The molecule has 3 heteroatoms.